The number of hydrogen-bond acceptors (Lipinski definition) is 2. The molecule has 2 atom stereocenters. The van der Waals surface area contributed by atoms with Gasteiger partial charge in [-0.2, -0.15) is 0 Å². The van der Waals surface area contributed by atoms with Crippen LogP contribution in [0.1, 0.15) is 79.1 Å². The molecule has 0 aliphatic rings. The van der Waals surface area contributed by atoms with Crippen molar-refractivity contribution < 1.29 is 9.84 Å². The molecule has 0 spiro atoms. The Morgan fingerprint density at radius 2 is 1.19 bits per heavy atom. The smallest absolute Gasteiger partial charge is 0.119 e. The van der Waals surface area contributed by atoms with Crippen LogP contribution in [0, 0.1) is 0 Å². The Morgan fingerprint density at radius 3 is 1.61 bits per heavy atom. The second kappa shape index (κ2) is 20.1. The van der Waals surface area contributed by atoms with Crippen molar-refractivity contribution >= 4 is 47.8 Å². The molecule has 0 radical (unpaired) electrons. The van der Waals surface area contributed by atoms with Gasteiger partial charge in [-0.25, -0.2) is 0 Å². The van der Waals surface area contributed by atoms with Crippen molar-refractivity contribution in [2.45, 2.75) is 90.0 Å². The summed E-state index contributed by atoms with van der Waals surface area (Å²) >= 11 is 10.1. The normalized spacial score (nSPS) is 12.0. The molecule has 0 aliphatic carbocycles. The average molecular weight is 623 g/mol. The first-order valence-corrected chi connectivity index (χ1v) is 13.8. The van der Waals surface area contributed by atoms with Gasteiger partial charge in [0.05, 0.1) is 6.10 Å². The number of unbranched alkanes of at least 4 members (excludes halogenated alkanes) is 4. The zero-order valence-electron chi connectivity index (χ0n) is 19.4. The average Bonchev–Trinajstić information content (AvgIpc) is 2.73. The first-order chi connectivity index (χ1) is 14.8. The third-order valence-electron chi connectivity index (χ3n) is 4.40. The molecular formula is C26H39Br3O2. The fourth-order valence-corrected chi connectivity index (χ4v) is 3.46. The fourth-order valence-electron chi connectivity index (χ4n) is 2.60. The van der Waals surface area contributed by atoms with E-state index in [9.17, 15) is 0 Å². The van der Waals surface area contributed by atoms with Crippen molar-refractivity contribution in [2.75, 3.05) is 0 Å². The molecule has 2 nitrogen and oxygen atoms in total. The first-order valence-electron chi connectivity index (χ1n) is 11.3. The van der Waals surface area contributed by atoms with Crippen LogP contribution < -0.4 is 4.74 Å². The van der Waals surface area contributed by atoms with Gasteiger partial charge in [0, 0.05) is 13.8 Å². The minimum absolute atomic E-state index is 0.299. The Kier molecular flexibility index (Phi) is 19.8. The van der Waals surface area contributed by atoms with Crippen molar-refractivity contribution in [3.8, 4) is 11.5 Å². The van der Waals surface area contributed by atoms with Crippen molar-refractivity contribution in [3.05, 3.63) is 57.5 Å². The number of hydrogen-bond donors (Lipinski definition) is 1. The molecule has 2 aromatic rings. The van der Waals surface area contributed by atoms with E-state index >= 15 is 0 Å². The first kappa shape index (κ1) is 30.5. The van der Waals surface area contributed by atoms with E-state index in [-0.39, 0.29) is 0 Å². The summed E-state index contributed by atoms with van der Waals surface area (Å²) in [6.07, 6.45) is 10.7. The van der Waals surface area contributed by atoms with Gasteiger partial charge in [-0.15, -0.1) is 0 Å². The molecular weight excluding hydrogens is 584 g/mol. The lowest BCUT2D eigenvalue weighted by atomic mass is 10.1. The Morgan fingerprint density at radius 1 is 0.742 bits per heavy atom. The zero-order valence-corrected chi connectivity index (χ0v) is 24.2. The predicted molar refractivity (Wildman–Crippen MR) is 147 cm³/mol. The molecule has 0 saturated carbocycles. The van der Waals surface area contributed by atoms with Gasteiger partial charge in [0.25, 0.3) is 0 Å². The van der Waals surface area contributed by atoms with Crippen LogP contribution in [0.2, 0.25) is 0 Å². The van der Waals surface area contributed by atoms with E-state index in [1.54, 1.807) is 24.3 Å². The van der Waals surface area contributed by atoms with Crippen LogP contribution in [0.3, 0.4) is 0 Å². The topological polar surface area (TPSA) is 29.5 Å². The lowest BCUT2D eigenvalue weighted by Crippen LogP contribution is -2.11. The van der Waals surface area contributed by atoms with Gasteiger partial charge in [0.1, 0.15) is 11.5 Å². The van der Waals surface area contributed by atoms with Crippen molar-refractivity contribution in [2.24, 2.45) is 0 Å². The highest BCUT2D eigenvalue weighted by Gasteiger charge is 2.03. The van der Waals surface area contributed by atoms with Gasteiger partial charge in [-0.3, -0.25) is 0 Å². The van der Waals surface area contributed by atoms with Gasteiger partial charge >= 0.3 is 0 Å². The molecule has 0 aromatic heterocycles. The highest BCUT2D eigenvalue weighted by atomic mass is 79.9. The van der Waals surface area contributed by atoms with Gasteiger partial charge in [-0.1, -0.05) is 101 Å². The Labute approximate surface area is 215 Å². The summed E-state index contributed by atoms with van der Waals surface area (Å²) in [7, 11) is 0. The highest BCUT2D eigenvalue weighted by Crippen LogP contribution is 2.18. The van der Waals surface area contributed by atoms with E-state index < -0.39 is 0 Å². The van der Waals surface area contributed by atoms with E-state index in [1.807, 2.05) is 24.3 Å². The summed E-state index contributed by atoms with van der Waals surface area (Å²) in [5.74, 6) is 1.26. The number of rotatable bonds is 10. The zero-order chi connectivity index (χ0) is 23.5. The second-order valence-corrected chi connectivity index (χ2v) is 11.0. The molecule has 5 heteroatoms. The van der Waals surface area contributed by atoms with Crippen molar-refractivity contribution in [1.82, 2.24) is 0 Å². The Balaban J connectivity index is 0.000000477. The Hall–Kier alpha value is -0.520. The molecule has 0 aliphatic heterocycles. The molecule has 176 valence electrons. The number of phenolic OH excluding ortho intramolecular Hbond substituents is 1. The van der Waals surface area contributed by atoms with Crippen LogP contribution in [-0.4, -0.2) is 16.0 Å². The molecule has 2 unspecified atom stereocenters. The van der Waals surface area contributed by atoms with Crippen molar-refractivity contribution in [1.29, 1.82) is 0 Å². The number of aromatic hydroxyl groups is 1. The number of benzene rings is 2. The summed E-state index contributed by atoms with van der Waals surface area (Å²) < 4.78 is 7.87. The molecule has 0 bridgehead atoms. The maximum Gasteiger partial charge on any atom is 0.119 e. The summed E-state index contributed by atoms with van der Waals surface area (Å²) in [5.41, 5.74) is 0. The van der Waals surface area contributed by atoms with E-state index in [0.717, 1.165) is 21.1 Å². The van der Waals surface area contributed by atoms with Gasteiger partial charge < -0.3 is 9.84 Å². The fraction of sp³-hybridized carbons (Fsp3) is 0.538. The van der Waals surface area contributed by atoms with Gasteiger partial charge in [0.15, 0.2) is 0 Å². The number of halogens is 3. The van der Waals surface area contributed by atoms with E-state index in [4.69, 9.17) is 9.84 Å². The maximum absolute atomic E-state index is 8.74. The Bertz CT molecular complexity index is 622. The minimum Gasteiger partial charge on any atom is -0.508 e. The maximum atomic E-state index is 8.74. The minimum atomic E-state index is 0.299. The summed E-state index contributed by atoms with van der Waals surface area (Å²) in [5, 5.41) is 8.74. The molecule has 2 rings (SSSR count). The molecule has 0 fully saturated rings. The molecule has 0 saturated heterocycles. The third-order valence-corrected chi connectivity index (χ3v) is 5.91. The number of ether oxygens (including phenoxy) is 1. The quantitative estimate of drug-likeness (QED) is 0.211. The molecule has 0 amide bonds. The van der Waals surface area contributed by atoms with Gasteiger partial charge in [-0.05, 0) is 74.7 Å². The largest absolute Gasteiger partial charge is 0.508 e. The van der Waals surface area contributed by atoms with Crippen LogP contribution in [0.5, 0.6) is 11.5 Å². The SMILES string of the molecule is CCCCCC(C)Br.CCCCCC(C)Oc1ccc(Br)cc1.Oc1ccc(Br)cc1. The lowest BCUT2D eigenvalue weighted by Gasteiger charge is -2.14. The molecule has 31 heavy (non-hydrogen) atoms. The summed E-state index contributed by atoms with van der Waals surface area (Å²) in [6, 6.07) is 14.8. The monoisotopic (exact) mass is 620 g/mol. The van der Waals surface area contributed by atoms with Gasteiger partial charge in [0.2, 0.25) is 0 Å². The van der Waals surface area contributed by atoms with E-state index in [1.165, 1.54) is 44.9 Å². The highest BCUT2D eigenvalue weighted by molar-refractivity contribution is 9.10. The van der Waals surface area contributed by atoms with Crippen LogP contribution >= 0.6 is 47.8 Å². The van der Waals surface area contributed by atoms with Crippen molar-refractivity contribution in [3.63, 3.8) is 0 Å². The summed E-state index contributed by atoms with van der Waals surface area (Å²) in [4.78, 5) is 0.717. The molecule has 1 N–H and O–H groups in total. The standard InChI is InChI=1S/C13H19BrO.C7H15Br.C6H5BrO/c1-3-4-5-6-11(2)15-13-9-7-12(14)8-10-13;1-3-4-5-6-7(2)8;7-5-1-3-6(8)4-2-5/h7-11H,3-6H2,1-2H3;7H,3-6H2,1-2H3;1-4,8H. The second-order valence-electron chi connectivity index (χ2n) is 7.63. The number of alkyl halides is 1. The third kappa shape index (κ3) is 19.9. The lowest BCUT2D eigenvalue weighted by molar-refractivity contribution is 0.206. The molecule has 0 heterocycles. The summed E-state index contributed by atoms with van der Waals surface area (Å²) in [6.45, 7) is 8.80. The number of phenols is 1. The van der Waals surface area contributed by atoms with E-state index in [2.05, 4.69) is 75.5 Å². The van der Waals surface area contributed by atoms with Crippen LogP contribution in [-0.2, 0) is 0 Å². The molecule has 2 aromatic carbocycles. The van der Waals surface area contributed by atoms with Crippen LogP contribution in [0.15, 0.2) is 57.5 Å². The van der Waals surface area contributed by atoms with E-state index in [0.29, 0.717) is 16.7 Å². The van der Waals surface area contributed by atoms with Crippen LogP contribution in [0.25, 0.3) is 0 Å². The van der Waals surface area contributed by atoms with Crippen LogP contribution in [0.4, 0.5) is 0 Å². The predicted octanol–water partition coefficient (Wildman–Crippen LogP) is 10.3.